The van der Waals surface area contributed by atoms with Gasteiger partial charge in [0.25, 0.3) is 11.8 Å². The molecule has 0 aliphatic rings. The third-order valence-corrected chi connectivity index (χ3v) is 2.95. The van der Waals surface area contributed by atoms with Gasteiger partial charge in [-0.05, 0) is 43.0 Å². The molecule has 2 atom stereocenters. The average Bonchev–Trinajstić information content (AvgIpc) is 2.58. The zero-order valence-corrected chi connectivity index (χ0v) is 13.2. The van der Waals surface area contributed by atoms with Gasteiger partial charge >= 0.3 is 0 Å². The molecule has 0 spiro atoms. The van der Waals surface area contributed by atoms with E-state index in [2.05, 4.69) is 29.0 Å². The van der Waals surface area contributed by atoms with Crippen LogP contribution < -0.4 is 16.5 Å². The quantitative estimate of drug-likeness (QED) is 0.280. The summed E-state index contributed by atoms with van der Waals surface area (Å²) in [6.45, 7) is 1.53. The van der Waals surface area contributed by atoms with Crippen LogP contribution >= 0.6 is 0 Å². The highest BCUT2D eigenvalue weighted by atomic mass is 16.5. The number of hydroxylamine groups is 1. The van der Waals surface area contributed by atoms with Gasteiger partial charge in [0.1, 0.15) is 6.04 Å². The van der Waals surface area contributed by atoms with E-state index in [1.165, 1.54) is 12.4 Å². The summed E-state index contributed by atoms with van der Waals surface area (Å²) in [7, 11) is 0. The average molecular weight is 329 g/mol. The van der Waals surface area contributed by atoms with E-state index < -0.39 is 23.9 Å². The highest BCUT2D eigenvalue weighted by Gasteiger charge is 2.24. The number of rotatable bonds is 5. The van der Waals surface area contributed by atoms with Gasteiger partial charge in [0.15, 0.2) is 0 Å². The molecule has 1 rings (SSSR count). The number of nitrogens with two attached hydrogens (primary N) is 1. The van der Waals surface area contributed by atoms with Crippen LogP contribution in [0.3, 0.4) is 0 Å². The largest absolute Gasteiger partial charge is 0.395 e. The minimum Gasteiger partial charge on any atom is -0.395 e. The molecule has 0 aliphatic carbocycles. The van der Waals surface area contributed by atoms with Gasteiger partial charge in [0.05, 0.1) is 6.61 Å². The molecule has 0 saturated carbocycles. The zero-order valence-electron chi connectivity index (χ0n) is 13.2. The Kier molecular flexibility index (Phi) is 8.03. The highest BCUT2D eigenvalue weighted by Crippen LogP contribution is 2.04. The van der Waals surface area contributed by atoms with Crippen molar-refractivity contribution in [1.29, 1.82) is 0 Å². The highest BCUT2D eigenvalue weighted by molar-refractivity contribution is 5.97. The van der Waals surface area contributed by atoms with Crippen molar-refractivity contribution in [2.45, 2.75) is 25.4 Å². The Morgan fingerprint density at radius 1 is 1.25 bits per heavy atom. The second-order valence-corrected chi connectivity index (χ2v) is 4.89. The molecule has 0 saturated heterocycles. The maximum Gasteiger partial charge on any atom is 0.267 e. The van der Waals surface area contributed by atoms with Crippen LogP contribution in [0.15, 0.2) is 24.3 Å². The molecule has 2 amide bonds. The fourth-order valence-electron chi connectivity index (χ4n) is 1.70. The minimum absolute atomic E-state index is 0.00476. The van der Waals surface area contributed by atoms with E-state index in [1.807, 2.05) is 0 Å². The lowest BCUT2D eigenvalue weighted by Crippen LogP contribution is -2.54. The van der Waals surface area contributed by atoms with Crippen molar-refractivity contribution in [1.82, 2.24) is 10.8 Å². The number of hydrogen-bond acceptors (Lipinski definition) is 5. The van der Waals surface area contributed by atoms with Crippen molar-refractivity contribution in [2.24, 2.45) is 5.73 Å². The van der Waals surface area contributed by atoms with E-state index in [1.54, 1.807) is 24.3 Å². The van der Waals surface area contributed by atoms with Gasteiger partial charge in [-0.3, -0.25) is 14.8 Å². The molecular formula is C17H19N3O4. The molecule has 0 aromatic heterocycles. The third-order valence-electron chi connectivity index (χ3n) is 2.95. The van der Waals surface area contributed by atoms with Gasteiger partial charge in [-0.2, -0.15) is 0 Å². The molecule has 0 unspecified atom stereocenters. The normalized spacial score (nSPS) is 11.8. The number of aliphatic hydroxyl groups is 1. The van der Waals surface area contributed by atoms with Gasteiger partial charge < -0.3 is 16.2 Å². The van der Waals surface area contributed by atoms with E-state index >= 15 is 0 Å². The van der Waals surface area contributed by atoms with Crippen molar-refractivity contribution in [3.8, 4) is 23.7 Å². The summed E-state index contributed by atoms with van der Waals surface area (Å²) < 4.78 is 0. The molecule has 1 aromatic rings. The predicted octanol–water partition coefficient (Wildman–Crippen LogP) is -0.625. The Bertz CT molecular complexity index is 691. The number of carbonyl (C=O) groups excluding carboxylic acids is 2. The molecule has 0 bridgehead atoms. The first-order chi connectivity index (χ1) is 11.5. The second kappa shape index (κ2) is 10.0. The summed E-state index contributed by atoms with van der Waals surface area (Å²) in [5.41, 5.74) is 8.08. The van der Waals surface area contributed by atoms with Gasteiger partial charge in [-0.1, -0.05) is 11.8 Å². The van der Waals surface area contributed by atoms with E-state index in [4.69, 9.17) is 16.0 Å². The minimum atomic E-state index is -1.05. The molecule has 1 aromatic carbocycles. The molecule has 0 radical (unpaired) electrons. The van der Waals surface area contributed by atoms with Gasteiger partial charge in [-0.25, -0.2) is 5.48 Å². The van der Waals surface area contributed by atoms with Gasteiger partial charge in [0.2, 0.25) is 0 Å². The van der Waals surface area contributed by atoms with Crippen LogP contribution in [0.25, 0.3) is 0 Å². The Hall–Kier alpha value is -2.84. The Morgan fingerprint density at radius 2 is 1.92 bits per heavy atom. The molecule has 0 fully saturated rings. The lowest BCUT2D eigenvalue weighted by atomic mass is 10.1. The smallest absolute Gasteiger partial charge is 0.267 e. The molecule has 7 heteroatoms. The van der Waals surface area contributed by atoms with Crippen LogP contribution in [0.4, 0.5) is 0 Å². The molecule has 24 heavy (non-hydrogen) atoms. The standard InChI is InChI=1S/C17H19N3O4/c1-12(18)15(17(23)20-24)19-16(22)14-9-7-13(8-10-14)6-4-2-3-5-11-21/h7-10,12,15,21,24H,5,11,18H2,1H3,(H,19,22)(H,20,23)/t12-,15+/m1/s1. The van der Waals surface area contributed by atoms with Crippen LogP contribution in [-0.4, -0.2) is 40.8 Å². The fraction of sp³-hybridized carbons (Fsp3) is 0.294. The molecule has 7 nitrogen and oxygen atoms in total. The first-order valence-electron chi connectivity index (χ1n) is 7.19. The monoisotopic (exact) mass is 329 g/mol. The summed E-state index contributed by atoms with van der Waals surface area (Å²) in [6, 6.07) is 4.66. The molecule has 0 heterocycles. The summed E-state index contributed by atoms with van der Waals surface area (Å²) in [6.07, 6.45) is 0.371. The maximum absolute atomic E-state index is 12.1. The van der Waals surface area contributed by atoms with Crippen LogP contribution in [-0.2, 0) is 4.79 Å². The number of carbonyl (C=O) groups is 2. The number of aliphatic hydroxyl groups excluding tert-OH is 1. The fourth-order valence-corrected chi connectivity index (χ4v) is 1.70. The second-order valence-electron chi connectivity index (χ2n) is 4.89. The summed E-state index contributed by atoms with van der Waals surface area (Å²) in [4.78, 5) is 23.6. The van der Waals surface area contributed by atoms with Crippen molar-refractivity contribution < 1.29 is 19.9 Å². The SMILES string of the molecule is C[C@@H](N)[C@H](NC(=O)c1ccc(C#CC#CCCO)cc1)C(=O)NO. The number of amides is 2. The van der Waals surface area contributed by atoms with E-state index in [0.29, 0.717) is 17.5 Å². The first kappa shape index (κ1) is 19.2. The van der Waals surface area contributed by atoms with E-state index in [-0.39, 0.29) is 6.61 Å². The summed E-state index contributed by atoms with van der Waals surface area (Å²) in [5.74, 6) is 9.42. The summed E-state index contributed by atoms with van der Waals surface area (Å²) in [5, 5.41) is 19.7. The van der Waals surface area contributed by atoms with Gasteiger partial charge in [0, 0.05) is 23.6 Å². The number of benzene rings is 1. The number of hydrogen-bond donors (Lipinski definition) is 5. The molecule has 0 aliphatic heterocycles. The number of nitrogens with one attached hydrogen (secondary N) is 2. The third kappa shape index (κ3) is 6.11. The Morgan fingerprint density at radius 3 is 2.46 bits per heavy atom. The van der Waals surface area contributed by atoms with Crippen LogP contribution in [0.1, 0.15) is 29.3 Å². The van der Waals surface area contributed by atoms with Crippen molar-refractivity contribution >= 4 is 11.8 Å². The van der Waals surface area contributed by atoms with Crippen LogP contribution in [0.2, 0.25) is 0 Å². The molecule has 6 N–H and O–H groups in total. The maximum atomic E-state index is 12.1. The topological polar surface area (TPSA) is 125 Å². The first-order valence-corrected chi connectivity index (χ1v) is 7.19. The Labute approximate surface area is 140 Å². The molecule has 126 valence electrons. The summed E-state index contributed by atoms with van der Waals surface area (Å²) >= 11 is 0. The van der Waals surface area contributed by atoms with Crippen LogP contribution in [0, 0.1) is 23.7 Å². The molecular weight excluding hydrogens is 310 g/mol. The van der Waals surface area contributed by atoms with E-state index in [0.717, 1.165) is 0 Å². The Balaban J connectivity index is 2.76. The zero-order chi connectivity index (χ0) is 17.9. The van der Waals surface area contributed by atoms with Crippen molar-refractivity contribution in [3.05, 3.63) is 35.4 Å². The lowest BCUT2D eigenvalue weighted by molar-refractivity contribution is -0.131. The van der Waals surface area contributed by atoms with Crippen molar-refractivity contribution in [2.75, 3.05) is 6.61 Å². The van der Waals surface area contributed by atoms with Gasteiger partial charge in [-0.15, -0.1) is 0 Å². The van der Waals surface area contributed by atoms with Crippen molar-refractivity contribution in [3.63, 3.8) is 0 Å². The van der Waals surface area contributed by atoms with Crippen LogP contribution in [0.5, 0.6) is 0 Å². The van der Waals surface area contributed by atoms with E-state index in [9.17, 15) is 9.59 Å². The lowest BCUT2D eigenvalue weighted by Gasteiger charge is -2.19. The predicted molar refractivity (Wildman–Crippen MR) is 87.6 cm³/mol.